The van der Waals surface area contributed by atoms with Crippen molar-refractivity contribution in [2.24, 2.45) is 0 Å². The number of ether oxygens (including phenoxy) is 14. The van der Waals surface area contributed by atoms with Crippen LogP contribution in [0.15, 0.2) is 0 Å². The summed E-state index contributed by atoms with van der Waals surface area (Å²) in [5.74, 6) is -7.02. The highest BCUT2D eigenvalue weighted by atomic mass is 16.8. The molecule has 4 heterocycles. The fraction of sp³-hybridized carbons (Fsp3) is 0.800. The first-order valence-corrected chi connectivity index (χ1v) is 21.2. The van der Waals surface area contributed by atoms with E-state index in [1.807, 2.05) is 0 Å². The van der Waals surface area contributed by atoms with Gasteiger partial charge < -0.3 is 107 Å². The Balaban J connectivity index is 0.000000468. The van der Waals surface area contributed by atoms with Crippen LogP contribution in [-0.4, -0.2) is 238 Å². The number of rotatable bonds is 16. The third-order valence-electron chi connectivity index (χ3n) is 10.1. The summed E-state index contributed by atoms with van der Waals surface area (Å²) in [6.45, 7) is 5.70. The molecule has 4 aliphatic heterocycles. The number of aliphatic hydroxyl groups is 8. The summed E-state index contributed by atoms with van der Waals surface area (Å²) in [7, 11) is 0. The molecule has 4 rings (SSSR count). The molecule has 0 spiro atoms. The quantitative estimate of drug-likeness (QED) is 0.0527. The van der Waals surface area contributed by atoms with Crippen LogP contribution < -0.4 is 0 Å². The maximum absolute atomic E-state index is 12.3. The van der Waals surface area contributed by atoms with Gasteiger partial charge >= 0.3 is 47.8 Å². The van der Waals surface area contributed by atoms with Gasteiger partial charge in [-0.05, 0) is 0 Å². The third kappa shape index (κ3) is 16.6. The minimum atomic E-state index is -1.83. The molecule has 0 aromatic rings. The van der Waals surface area contributed by atoms with E-state index in [1.54, 1.807) is 0 Å². The molecule has 400 valence electrons. The molecule has 70 heavy (non-hydrogen) atoms. The number of hydrogen-bond donors (Lipinski definition) is 8. The van der Waals surface area contributed by atoms with Crippen LogP contribution in [0.1, 0.15) is 55.4 Å². The fourth-order valence-electron chi connectivity index (χ4n) is 7.30. The predicted molar refractivity (Wildman–Crippen MR) is 214 cm³/mol. The zero-order valence-corrected chi connectivity index (χ0v) is 38.9. The number of carbonyl (C=O) groups is 8. The van der Waals surface area contributed by atoms with Crippen LogP contribution in [0.3, 0.4) is 0 Å². The van der Waals surface area contributed by atoms with Gasteiger partial charge in [-0.3, -0.25) is 38.4 Å². The largest absolute Gasteiger partial charge is 0.463 e. The van der Waals surface area contributed by atoms with E-state index in [0.717, 1.165) is 55.4 Å². The van der Waals surface area contributed by atoms with Crippen LogP contribution in [0.2, 0.25) is 0 Å². The molecule has 20 atom stereocenters. The molecular weight excluding hydrogens is 960 g/mol. The van der Waals surface area contributed by atoms with Crippen LogP contribution in [0.25, 0.3) is 0 Å². The maximum atomic E-state index is 12.3. The smallest absolute Gasteiger partial charge is 0.305 e. The lowest BCUT2D eigenvalue weighted by Gasteiger charge is -2.48. The summed E-state index contributed by atoms with van der Waals surface area (Å²) in [6, 6.07) is 0. The highest BCUT2D eigenvalue weighted by Crippen LogP contribution is 2.36. The molecule has 4 saturated heterocycles. The van der Waals surface area contributed by atoms with Gasteiger partial charge in [-0.1, -0.05) is 0 Å². The van der Waals surface area contributed by atoms with Crippen molar-refractivity contribution in [1.29, 1.82) is 0 Å². The Bertz CT molecular complexity index is 1790. The lowest BCUT2D eigenvalue weighted by Crippen LogP contribution is -2.67. The van der Waals surface area contributed by atoms with Gasteiger partial charge in [0, 0.05) is 55.4 Å². The highest BCUT2D eigenvalue weighted by Gasteiger charge is 2.58. The van der Waals surface area contributed by atoms with Gasteiger partial charge in [-0.15, -0.1) is 0 Å². The molecule has 0 bridgehead atoms. The molecule has 30 nitrogen and oxygen atoms in total. The summed E-state index contributed by atoms with van der Waals surface area (Å²) >= 11 is 0. The van der Waals surface area contributed by atoms with Gasteiger partial charge in [0.15, 0.2) is 43.3 Å². The number of hydrogen-bond acceptors (Lipinski definition) is 30. The van der Waals surface area contributed by atoms with Crippen LogP contribution >= 0.6 is 0 Å². The van der Waals surface area contributed by atoms with Gasteiger partial charge in [0.25, 0.3) is 0 Å². The lowest BCUT2D eigenvalue weighted by molar-refractivity contribution is -0.357. The third-order valence-corrected chi connectivity index (χ3v) is 10.1. The Kier molecular flexibility index (Phi) is 23.1. The van der Waals surface area contributed by atoms with Crippen LogP contribution in [0.5, 0.6) is 0 Å². The Morgan fingerprint density at radius 1 is 0.343 bits per heavy atom. The van der Waals surface area contributed by atoms with E-state index in [9.17, 15) is 74.1 Å². The molecule has 0 aromatic carbocycles. The Hall–Kier alpha value is -4.80. The van der Waals surface area contributed by atoms with Crippen molar-refractivity contribution >= 4 is 47.8 Å². The molecule has 30 heteroatoms. The summed E-state index contributed by atoms with van der Waals surface area (Å²) in [5.41, 5.74) is 0. The molecule has 0 amide bonds. The van der Waals surface area contributed by atoms with Crippen molar-refractivity contribution in [3.63, 3.8) is 0 Å². The zero-order valence-electron chi connectivity index (χ0n) is 38.9. The van der Waals surface area contributed by atoms with E-state index in [4.69, 9.17) is 71.4 Å². The molecule has 4 fully saturated rings. The van der Waals surface area contributed by atoms with Gasteiger partial charge in [-0.2, -0.15) is 0 Å². The monoisotopic (exact) mass is 1020 g/mol. The van der Waals surface area contributed by atoms with Gasteiger partial charge in [0.2, 0.25) is 12.4 Å². The maximum Gasteiger partial charge on any atom is 0.305 e. The molecule has 0 saturated carbocycles. The topological polar surface area (TPSA) is 428 Å². The van der Waals surface area contributed by atoms with E-state index >= 15 is 0 Å². The van der Waals surface area contributed by atoms with Gasteiger partial charge in [-0.25, -0.2) is 0 Å². The van der Waals surface area contributed by atoms with Crippen LogP contribution in [0, 0.1) is 0 Å². The van der Waals surface area contributed by atoms with Gasteiger partial charge in [0.1, 0.15) is 80.4 Å². The van der Waals surface area contributed by atoms with E-state index in [-0.39, 0.29) is 0 Å². The number of aliphatic hydroxyl groups excluding tert-OH is 8. The molecule has 0 aromatic heterocycles. The first-order valence-electron chi connectivity index (χ1n) is 21.2. The second-order valence-electron chi connectivity index (χ2n) is 15.8. The minimum absolute atomic E-state index is 0.590. The van der Waals surface area contributed by atoms with Crippen molar-refractivity contribution in [3.05, 3.63) is 0 Å². The van der Waals surface area contributed by atoms with E-state index in [2.05, 4.69) is 0 Å². The predicted octanol–water partition coefficient (Wildman–Crippen LogP) is -6.23. The minimum Gasteiger partial charge on any atom is -0.463 e. The van der Waals surface area contributed by atoms with Crippen molar-refractivity contribution < 1.29 is 146 Å². The molecule has 8 N–H and O–H groups in total. The molecule has 9 unspecified atom stereocenters. The average Bonchev–Trinajstić information content (AvgIpc) is 3.25. The summed E-state index contributed by atoms with van der Waals surface area (Å²) in [4.78, 5) is 96.3. The van der Waals surface area contributed by atoms with Crippen molar-refractivity contribution in [3.8, 4) is 0 Å². The second-order valence-corrected chi connectivity index (χ2v) is 15.8. The average molecular weight is 1020 g/mol. The summed E-state index contributed by atoms with van der Waals surface area (Å²) in [6.07, 6.45) is -31.9. The van der Waals surface area contributed by atoms with E-state index in [1.165, 1.54) is 0 Å². The van der Waals surface area contributed by atoms with Crippen molar-refractivity contribution in [2.75, 3.05) is 26.4 Å². The first-order chi connectivity index (χ1) is 32.7. The van der Waals surface area contributed by atoms with E-state index < -0.39 is 197 Å². The zero-order chi connectivity index (χ0) is 52.9. The molecular formula is C40H60O30. The standard InChI is InChI=1S/C28H38O19.C12H22O11/c1-11(29)37-9-19-21(39-13(3)31)23(40-14(4)32)26(43-17(7)35)28(46-19)47-22-20(10-38-12(2)30)45-27(44-18(8)36)25(42-16(6)34)24(22)41-15(5)33;13-1-3-5(15)6(16)9(19)12(22-3)23-10-4(2-14)21-11(20)8(18)7(10)17/h19-28H,9-10H2,1-8H3;3-20H,1-2H2/t19?,20?,21-,22-,23+,24+,25?,26?,27-,28-;3?,4?,5-,6+,7-,8?,9?,10-,11?,12-/m11/s1. The Labute approximate surface area is 397 Å². The number of esters is 8. The fourth-order valence-corrected chi connectivity index (χ4v) is 7.30. The second kappa shape index (κ2) is 27.1. The highest BCUT2D eigenvalue weighted by molar-refractivity contribution is 5.70. The Morgan fingerprint density at radius 3 is 1.19 bits per heavy atom. The van der Waals surface area contributed by atoms with Crippen molar-refractivity contribution in [2.45, 2.75) is 178 Å². The van der Waals surface area contributed by atoms with Crippen molar-refractivity contribution in [1.82, 2.24) is 0 Å². The van der Waals surface area contributed by atoms with Crippen LogP contribution in [0.4, 0.5) is 0 Å². The van der Waals surface area contributed by atoms with Gasteiger partial charge in [0.05, 0.1) is 13.2 Å². The SMILES string of the molecule is CC(=O)OCC1O[C@H](O[C@@H]2C(COC(C)=O)O[C@@H](OC(C)=O)C(OC(C)=O)[C@H]2OC(C)=O)C(OC(C)=O)[C@@H](OC(C)=O)[C@@H]1OC(C)=O.OCC1O[C@H](O[C@@H]2C(CO)OC(O)C(O)[C@H]2O)C(O)[C@@H](O)[C@@H]1O. The van der Waals surface area contributed by atoms with Crippen LogP contribution in [-0.2, 0) is 105 Å². The Morgan fingerprint density at radius 2 is 0.729 bits per heavy atom. The first kappa shape index (κ1) is 59.5. The molecule has 0 aliphatic carbocycles. The summed E-state index contributed by atoms with van der Waals surface area (Å²) < 4.78 is 75.4. The number of carbonyl (C=O) groups excluding carboxylic acids is 8. The summed E-state index contributed by atoms with van der Waals surface area (Å²) in [5, 5.41) is 76.5. The normalized spacial score (nSPS) is 37.1. The molecule has 4 aliphatic rings. The molecule has 0 radical (unpaired) electrons. The van der Waals surface area contributed by atoms with E-state index in [0.29, 0.717) is 0 Å². The lowest BCUT2D eigenvalue weighted by atomic mass is 9.96.